The van der Waals surface area contributed by atoms with Crippen molar-refractivity contribution >= 4 is 5.97 Å². The van der Waals surface area contributed by atoms with Gasteiger partial charge in [-0.05, 0) is 83.5 Å². The average Bonchev–Trinajstić information content (AvgIpc) is 0.719. The van der Waals surface area contributed by atoms with Crippen LogP contribution in [0.15, 0.2) is 0 Å². The van der Waals surface area contributed by atoms with Gasteiger partial charge in [0.15, 0.2) is 11.6 Å². The quantitative estimate of drug-likeness (QED) is 0.0444. The standard InChI is InChI=1S/C98H192O7/c1-11-19-26-33-40-47-54-59-66-73-80-96(79-72-65-58-51-44-37-30-23-15-5,81-74-67-60-55-48-41-34-27-20-12-2)97(82-75-68-61-52-45-38-31-24-16-6,83-76-69-62-56-49-42-35-28-21-13-3)98(84-77-70-63-53-46-39-32-25-17-7,85-78-71-64-57-50-43-36-29-22-14-4)105-93(99)86-95(10)102-89-92(90-103-95)104-91-87-100-94(9,18-8)101-88-91/h91-92H,11-90H2,1-10H3. The fourth-order valence-electron chi connectivity index (χ4n) is 18.9. The Labute approximate surface area is 659 Å². The second kappa shape index (κ2) is 69.9. The van der Waals surface area contributed by atoms with Crippen molar-refractivity contribution in [3.05, 3.63) is 0 Å². The van der Waals surface area contributed by atoms with Crippen molar-refractivity contribution in [3.63, 3.8) is 0 Å². The van der Waals surface area contributed by atoms with Crippen LogP contribution in [-0.2, 0) is 33.2 Å². The van der Waals surface area contributed by atoms with Crippen molar-refractivity contribution in [2.75, 3.05) is 26.4 Å². The number of carbonyl (C=O) groups excluding carboxylic acids is 1. The molecule has 2 aliphatic rings. The molecule has 7 heteroatoms. The highest BCUT2D eigenvalue weighted by Crippen LogP contribution is 2.65. The minimum absolute atomic E-state index is 0.0674. The molecule has 0 aromatic rings. The molecule has 0 amide bonds. The monoisotopic (exact) mass is 1480 g/mol. The summed E-state index contributed by atoms with van der Waals surface area (Å²) >= 11 is 0. The minimum Gasteiger partial charge on any atom is -0.458 e. The predicted molar refractivity (Wildman–Crippen MR) is 459 cm³/mol. The summed E-state index contributed by atoms with van der Waals surface area (Å²) in [6, 6.07) is 0. The van der Waals surface area contributed by atoms with Crippen LogP contribution in [0.3, 0.4) is 0 Å². The summed E-state index contributed by atoms with van der Waals surface area (Å²) in [6.07, 6.45) is 99.2. The van der Waals surface area contributed by atoms with E-state index in [-0.39, 0.29) is 35.4 Å². The number of hydrogen-bond donors (Lipinski definition) is 0. The lowest BCUT2D eigenvalue weighted by Gasteiger charge is -2.62. The summed E-state index contributed by atoms with van der Waals surface area (Å²) in [5.74, 6) is -1.74. The lowest BCUT2D eigenvalue weighted by molar-refractivity contribution is -0.324. The van der Waals surface area contributed by atoms with E-state index in [0.29, 0.717) is 26.4 Å². The van der Waals surface area contributed by atoms with E-state index in [1.54, 1.807) is 0 Å². The average molecular weight is 1480 g/mol. The lowest BCUT2D eigenvalue weighted by atomic mass is 9.45. The Morgan fingerprint density at radius 1 is 0.267 bits per heavy atom. The van der Waals surface area contributed by atoms with Crippen LogP contribution in [0.5, 0.6) is 0 Å². The lowest BCUT2D eigenvalue weighted by Crippen LogP contribution is -2.61. The van der Waals surface area contributed by atoms with Gasteiger partial charge in [0, 0.05) is 5.41 Å². The van der Waals surface area contributed by atoms with E-state index < -0.39 is 17.2 Å². The van der Waals surface area contributed by atoms with E-state index in [1.807, 2.05) is 13.8 Å². The topological polar surface area (TPSA) is 72.5 Å². The number of unbranched alkanes of at least 4 members (excludes halogenated alkanes) is 60. The molecule has 2 fully saturated rings. The number of esters is 1. The van der Waals surface area contributed by atoms with Crippen molar-refractivity contribution in [2.45, 2.75) is 587 Å². The molecule has 0 saturated carbocycles. The molecular formula is C98H192O7. The van der Waals surface area contributed by atoms with E-state index in [2.05, 4.69) is 55.4 Å². The second-order valence-electron chi connectivity index (χ2n) is 35.7. The molecule has 2 atom stereocenters. The molecule has 2 heterocycles. The Hall–Kier alpha value is -0.730. The van der Waals surface area contributed by atoms with E-state index >= 15 is 4.79 Å². The SMILES string of the molecule is CCCCCCCCCCCCC(CCCCCCCCCCC)(CCCCCCCCCCCC)C(CCCCCCCCCCC)(CCCCCCCCCCCC)C(CCCCCCCCCCC)(CCCCCCCCCCCC)OC(=O)CC1(C)OCC(OC2COC(C)(CC)OC2)CO1. The Balaban J connectivity index is 3.13. The summed E-state index contributed by atoms with van der Waals surface area (Å²) < 4.78 is 41.0. The highest BCUT2D eigenvalue weighted by molar-refractivity contribution is 5.71. The third kappa shape index (κ3) is 49.5. The van der Waals surface area contributed by atoms with Crippen molar-refractivity contribution in [2.24, 2.45) is 10.8 Å². The van der Waals surface area contributed by atoms with Gasteiger partial charge in [0.05, 0.1) is 32.8 Å². The first-order valence-electron chi connectivity index (χ1n) is 48.9. The molecule has 2 saturated heterocycles. The van der Waals surface area contributed by atoms with Gasteiger partial charge in [-0.1, -0.05) is 473 Å². The van der Waals surface area contributed by atoms with Crippen LogP contribution in [0.25, 0.3) is 0 Å². The molecule has 7 nitrogen and oxygen atoms in total. The Morgan fingerprint density at radius 3 is 0.676 bits per heavy atom. The van der Waals surface area contributed by atoms with Gasteiger partial charge in [-0.15, -0.1) is 0 Å². The van der Waals surface area contributed by atoms with Crippen molar-refractivity contribution < 1.29 is 33.2 Å². The van der Waals surface area contributed by atoms with Crippen molar-refractivity contribution in [1.82, 2.24) is 0 Å². The molecule has 2 rings (SSSR count). The summed E-state index contributed by atoms with van der Waals surface area (Å²) in [5, 5.41) is 0. The molecule has 0 aromatic heterocycles. The molecule has 0 aromatic carbocycles. The van der Waals surface area contributed by atoms with Crippen LogP contribution in [0.4, 0.5) is 0 Å². The maximum atomic E-state index is 16.5. The Bertz CT molecular complexity index is 1780. The summed E-state index contributed by atoms with van der Waals surface area (Å²) in [7, 11) is 0. The molecular weight excluding hydrogens is 1290 g/mol. The highest BCUT2D eigenvalue weighted by atomic mass is 16.7. The summed E-state index contributed by atoms with van der Waals surface area (Å²) in [5.41, 5.74) is -0.674. The highest BCUT2D eigenvalue weighted by Gasteiger charge is 2.62. The van der Waals surface area contributed by atoms with E-state index in [9.17, 15) is 0 Å². The number of ether oxygens (including phenoxy) is 6. The molecule has 0 radical (unpaired) electrons. The first-order valence-corrected chi connectivity index (χ1v) is 48.9. The molecule has 2 aliphatic heterocycles. The number of rotatable bonds is 82. The third-order valence-corrected chi connectivity index (χ3v) is 26.0. The number of carbonyl (C=O) groups is 1. The van der Waals surface area contributed by atoms with Gasteiger partial charge in [-0.2, -0.15) is 0 Å². The van der Waals surface area contributed by atoms with Gasteiger partial charge < -0.3 is 28.4 Å². The van der Waals surface area contributed by atoms with E-state index in [0.717, 1.165) is 32.1 Å². The molecule has 626 valence electrons. The summed E-state index contributed by atoms with van der Waals surface area (Å²) in [6.45, 7) is 24.4. The van der Waals surface area contributed by atoms with Gasteiger partial charge in [0.1, 0.15) is 17.8 Å². The van der Waals surface area contributed by atoms with E-state index in [4.69, 9.17) is 28.4 Å². The Kier molecular flexibility index (Phi) is 66.8. The van der Waals surface area contributed by atoms with Gasteiger partial charge in [0.25, 0.3) is 0 Å². The van der Waals surface area contributed by atoms with Crippen LogP contribution in [-0.4, -0.2) is 61.8 Å². The predicted octanol–water partition coefficient (Wildman–Crippen LogP) is 33.3. The smallest absolute Gasteiger partial charge is 0.311 e. The number of hydrogen-bond acceptors (Lipinski definition) is 7. The van der Waals surface area contributed by atoms with E-state index in [1.165, 1.54) is 449 Å². The zero-order valence-electron chi connectivity index (χ0n) is 73.6. The van der Waals surface area contributed by atoms with Crippen LogP contribution in [0, 0.1) is 10.8 Å². The van der Waals surface area contributed by atoms with Gasteiger partial charge in [-0.3, -0.25) is 4.79 Å². The minimum atomic E-state index is -1.10. The Morgan fingerprint density at radius 2 is 0.457 bits per heavy atom. The zero-order valence-corrected chi connectivity index (χ0v) is 73.6. The largest absolute Gasteiger partial charge is 0.458 e. The molecule has 0 aliphatic carbocycles. The molecule has 0 spiro atoms. The maximum Gasteiger partial charge on any atom is 0.311 e. The molecule has 105 heavy (non-hydrogen) atoms. The van der Waals surface area contributed by atoms with Crippen molar-refractivity contribution in [3.8, 4) is 0 Å². The maximum absolute atomic E-state index is 16.5. The normalized spacial score (nSPS) is 19.2. The van der Waals surface area contributed by atoms with Crippen molar-refractivity contribution in [1.29, 1.82) is 0 Å². The fourth-order valence-corrected chi connectivity index (χ4v) is 18.9. The van der Waals surface area contributed by atoms with Crippen LogP contribution < -0.4 is 0 Å². The summed E-state index contributed by atoms with van der Waals surface area (Å²) in [4.78, 5) is 16.5. The van der Waals surface area contributed by atoms with Crippen LogP contribution >= 0.6 is 0 Å². The second-order valence-corrected chi connectivity index (χ2v) is 35.7. The van der Waals surface area contributed by atoms with Crippen LogP contribution in [0.1, 0.15) is 557 Å². The third-order valence-electron chi connectivity index (χ3n) is 26.0. The first kappa shape index (κ1) is 100. The van der Waals surface area contributed by atoms with Gasteiger partial charge >= 0.3 is 5.97 Å². The zero-order chi connectivity index (χ0) is 76.0. The molecule has 2 unspecified atom stereocenters. The fraction of sp³-hybridized carbons (Fsp3) is 0.990. The van der Waals surface area contributed by atoms with Gasteiger partial charge in [-0.25, -0.2) is 0 Å². The molecule has 0 bridgehead atoms. The molecule has 0 N–H and O–H groups in total. The first-order chi connectivity index (χ1) is 51.4. The van der Waals surface area contributed by atoms with Gasteiger partial charge in [0.2, 0.25) is 0 Å². The van der Waals surface area contributed by atoms with Crippen LogP contribution in [0.2, 0.25) is 0 Å².